The number of rotatable bonds is 5. The van der Waals surface area contributed by atoms with Gasteiger partial charge in [0.25, 0.3) is 5.56 Å². The number of fused-ring (bicyclic) bond motifs is 4. The average Bonchev–Trinajstić information content (AvgIpc) is 3.41. The van der Waals surface area contributed by atoms with Crippen LogP contribution in [0.4, 0.5) is 0 Å². The third kappa shape index (κ3) is 3.86. The maximum absolute atomic E-state index is 13.0. The first kappa shape index (κ1) is 20.5. The molecular weight excluding hydrogens is 416 g/mol. The minimum Gasteiger partial charge on any atom is -0.376 e. The Balaban J connectivity index is 1.42. The Labute approximate surface area is 183 Å². The van der Waals surface area contributed by atoms with Gasteiger partial charge >= 0.3 is 0 Å². The number of nitrogens with one attached hydrogen (secondary N) is 1. The molecule has 2 aliphatic rings. The summed E-state index contributed by atoms with van der Waals surface area (Å²) in [5, 5.41) is 3.72. The Hall–Kier alpha value is -2.36. The molecule has 3 aromatic rings. The third-order valence-corrected chi connectivity index (χ3v) is 7.41. The summed E-state index contributed by atoms with van der Waals surface area (Å²) in [6, 6.07) is 2.05. The molecule has 164 valence electrons. The van der Waals surface area contributed by atoms with Crippen molar-refractivity contribution in [2.45, 2.75) is 64.4 Å². The van der Waals surface area contributed by atoms with Gasteiger partial charge in [0, 0.05) is 30.5 Å². The Morgan fingerprint density at radius 2 is 2.32 bits per heavy atom. The molecule has 5 heterocycles. The molecule has 2 aliphatic heterocycles. The van der Waals surface area contributed by atoms with Crippen molar-refractivity contribution in [2.75, 3.05) is 13.2 Å². The number of thiophene rings is 1. The molecule has 2 unspecified atom stereocenters. The lowest BCUT2D eigenvalue weighted by molar-refractivity contribution is -0.122. The topological polar surface area (TPSA) is 95.3 Å². The quantitative estimate of drug-likeness (QED) is 0.653. The fourth-order valence-electron chi connectivity index (χ4n) is 4.19. The van der Waals surface area contributed by atoms with Gasteiger partial charge in [-0.3, -0.25) is 14.2 Å². The fraction of sp³-hybridized carbons (Fsp3) is 0.545. The zero-order valence-corrected chi connectivity index (χ0v) is 18.6. The van der Waals surface area contributed by atoms with Gasteiger partial charge in [0.15, 0.2) is 0 Å². The second-order valence-electron chi connectivity index (χ2n) is 8.61. The van der Waals surface area contributed by atoms with Crippen molar-refractivity contribution < 1.29 is 14.3 Å². The van der Waals surface area contributed by atoms with Crippen LogP contribution in [0.5, 0.6) is 0 Å². The molecule has 0 radical (unpaired) electrons. The van der Waals surface area contributed by atoms with E-state index < -0.39 is 0 Å². The van der Waals surface area contributed by atoms with E-state index >= 15 is 0 Å². The van der Waals surface area contributed by atoms with Crippen LogP contribution in [0.15, 0.2) is 17.2 Å². The number of carbonyl (C=O) groups is 1. The first-order valence-corrected chi connectivity index (χ1v) is 11.6. The van der Waals surface area contributed by atoms with Crippen molar-refractivity contribution in [1.29, 1.82) is 0 Å². The molecule has 1 fully saturated rings. The van der Waals surface area contributed by atoms with Crippen LogP contribution in [0.25, 0.3) is 20.4 Å². The second-order valence-corrected chi connectivity index (χ2v) is 9.61. The minimum absolute atomic E-state index is 0.0602. The van der Waals surface area contributed by atoms with Crippen LogP contribution in [-0.4, -0.2) is 45.3 Å². The molecule has 1 N–H and O–H groups in total. The van der Waals surface area contributed by atoms with Crippen molar-refractivity contribution in [2.24, 2.45) is 0 Å². The van der Waals surface area contributed by atoms with E-state index in [1.165, 1.54) is 22.2 Å². The molecule has 5 rings (SSSR count). The lowest BCUT2D eigenvalue weighted by atomic mass is 9.91. The fourth-order valence-corrected chi connectivity index (χ4v) is 5.27. The van der Waals surface area contributed by atoms with Gasteiger partial charge in [-0.05, 0) is 32.3 Å². The van der Waals surface area contributed by atoms with Crippen LogP contribution >= 0.6 is 11.3 Å². The number of hydrogen-bond donors (Lipinski definition) is 1. The Morgan fingerprint density at radius 3 is 3.10 bits per heavy atom. The first-order valence-electron chi connectivity index (χ1n) is 10.8. The summed E-state index contributed by atoms with van der Waals surface area (Å²) in [6.07, 6.45) is 5.17. The van der Waals surface area contributed by atoms with E-state index in [0.29, 0.717) is 23.4 Å². The molecule has 1 saturated heterocycles. The normalized spacial score (nSPS) is 23.4. The summed E-state index contributed by atoms with van der Waals surface area (Å²) < 4.78 is 13.5. The lowest BCUT2D eigenvalue weighted by Gasteiger charge is -2.33. The Kier molecular flexibility index (Phi) is 5.27. The minimum atomic E-state index is -0.218. The van der Waals surface area contributed by atoms with Gasteiger partial charge in [0.2, 0.25) is 5.91 Å². The second kappa shape index (κ2) is 7.96. The summed E-state index contributed by atoms with van der Waals surface area (Å²) in [5.74, 6) is -0.218. The molecule has 0 saturated carbocycles. The average molecular weight is 443 g/mol. The van der Waals surface area contributed by atoms with Crippen LogP contribution in [-0.2, 0) is 33.8 Å². The van der Waals surface area contributed by atoms with Crippen LogP contribution in [0, 0.1) is 0 Å². The molecule has 3 aromatic heterocycles. The molecule has 0 bridgehead atoms. The van der Waals surface area contributed by atoms with Gasteiger partial charge in [-0.1, -0.05) is 6.92 Å². The highest BCUT2D eigenvalue weighted by Crippen LogP contribution is 2.35. The molecule has 0 spiro atoms. The largest absolute Gasteiger partial charge is 0.376 e. The third-order valence-electron chi connectivity index (χ3n) is 6.34. The molecule has 9 heteroatoms. The van der Waals surface area contributed by atoms with Crippen LogP contribution in [0.2, 0.25) is 0 Å². The molecule has 0 aromatic carbocycles. The summed E-state index contributed by atoms with van der Waals surface area (Å²) >= 11 is 1.34. The Morgan fingerprint density at radius 1 is 1.45 bits per heavy atom. The van der Waals surface area contributed by atoms with Gasteiger partial charge in [-0.25, -0.2) is 9.97 Å². The summed E-state index contributed by atoms with van der Waals surface area (Å²) in [7, 11) is 0. The zero-order valence-electron chi connectivity index (χ0n) is 17.8. The van der Waals surface area contributed by atoms with E-state index in [4.69, 9.17) is 14.5 Å². The van der Waals surface area contributed by atoms with Gasteiger partial charge in [0.1, 0.15) is 16.1 Å². The first-order chi connectivity index (χ1) is 15.0. The van der Waals surface area contributed by atoms with Gasteiger partial charge in [0.05, 0.1) is 35.8 Å². The number of aromatic nitrogens is 3. The van der Waals surface area contributed by atoms with Crippen molar-refractivity contribution >= 4 is 37.7 Å². The van der Waals surface area contributed by atoms with Gasteiger partial charge in [-0.2, -0.15) is 0 Å². The predicted molar refractivity (Wildman–Crippen MR) is 118 cm³/mol. The summed E-state index contributed by atoms with van der Waals surface area (Å²) in [5.41, 5.74) is 2.31. The predicted octanol–water partition coefficient (Wildman–Crippen LogP) is 2.54. The van der Waals surface area contributed by atoms with E-state index in [2.05, 4.69) is 30.2 Å². The van der Waals surface area contributed by atoms with Crippen LogP contribution in [0.3, 0.4) is 0 Å². The number of hydrogen-bond acceptors (Lipinski definition) is 7. The van der Waals surface area contributed by atoms with Crippen LogP contribution < -0.4 is 10.9 Å². The SMILES string of the molecule is CCC1(C)Cc2nc3sc4c(=O)n(CC(=O)NCC5CCCO5)cnc4c3cc2CO1. The maximum atomic E-state index is 13.0. The standard InChI is InChI=1S/C22H26N4O4S/c1-3-22(2)8-16-13(11-30-22)7-15-18-19(31-20(15)25-16)21(28)26(12-24-18)10-17(27)23-9-14-5-4-6-29-14/h7,12,14H,3-6,8-11H2,1-2H3,(H,23,27). The molecule has 2 atom stereocenters. The Bertz CT molecular complexity index is 1210. The van der Waals surface area contributed by atoms with Crippen molar-refractivity contribution in [3.05, 3.63) is 34.0 Å². The van der Waals surface area contributed by atoms with Crippen molar-refractivity contribution in [3.63, 3.8) is 0 Å². The number of nitrogens with zero attached hydrogens (tertiary/aromatic N) is 3. The number of ether oxygens (including phenoxy) is 2. The van der Waals surface area contributed by atoms with E-state index in [1.807, 2.05) is 0 Å². The van der Waals surface area contributed by atoms with Gasteiger partial charge in [-0.15, -0.1) is 11.3 Å². The van der Waals surface area contributed by atoms with Gasteiger partial charge < -0.3 is 14.8 Å². The number of carbonyl (C=O) groups excluding carboxylic acids is 1. The highest BCUT2D eigenvalue weighted by Gasteiger charge is 2.31. The molecule has 1 amide bonds. The van der Waals surface area contributed by atoms with E-state index in [9.17, 15) is 9.59 Å². The van der Waals surface area contributed by atoms with Crippen molar-refractivity contribution in [1.82, 2.24) is 19.9 Å². The number of amides is 1. The zero-order chi connectivity index (χ0) is 21.6. The van der Waals surface area contributed by atoms with E-state index in [0.717, 1.165) is 53.8 Å². The lowest BCUT2D eigenvalue weighted by Crippen LogP contribution is -2.36. The molecule has 0 aliphatic carbocycles. The highest BCUT2D eigenvalue weighted by atomic mass is 32.1. The molecular formula is C22H26N4O4S. The van der Waals surface area contributed by atoms with Crippen molar-refractivity contribution in [3.8, 4) is 0 Å². The maximum Gasteiger partial charge on any atom is 0.271 e. The summed E-state index contributed by atoms with van der Waals surface area (Å²) in [4.78, 5) is 35.5. The van der Waals surface area contributed by atoms with E-state index in [-0.39, 0.29) is 29.7 Å². The highest BCUT2D eigenvalue weighted by molar-refractivity contribution is 7.25. The monoisotopic (exact) mass is 442 g/mol. The summed E-state index contributed by atoms with van der Waals surface area (Å²) in [6.45, 7) is 5.90. The smallest absolute Gasteiger partial charge is 0.271 e. The molecule has 8 nitrogen and oxygen atoms in total. The van der Waals surface area contributed by atoms with Crippen LogP contribution in [0.1, 0.15) is 44.4 Å². The van der Waals surface area contributed by atoms with E-state index in [1.54, 1.807) is 0 Å². The number of pyridine rings is 1. The molecule has 31 heavy (non-hydrogen) atoms.